The number of H-pyrrole nitrogens is 1. The Morgan fingerprint density at radius 1 is 1.03 bits per heavy atom. The quantitative estimate of drug-likeness (QED) is 0.340. The van der Waals surface area contributed by atoms with Crippen molar-refractivity contribution >= 4 is 34.0 Å². The fraction of sp³-hybridized carbons (Fsp3) is 0.0476. The highest BCUT2D eigenvalue weighted by molar-refractivity contribution is 5.96. The third-order valence-corrected chi connectivity index (χ3v) is 4.36. The van der Waals surface area contributed by atoms with Crippen LogP contribution in [0.3, 0.4) is 0 Å². The third kappa shape index (κ3) is 4.06. The van der Waals surface area contributed by atoms with E-state index in [1.54, 1.807) is 18.2 Å². The summed E-state index contributed by atoms with van der Waals surface area (Å²) in [6.45, 7) is 0.186. The number of nitro benzene ring substituents is 1. The van der Waals surface area contributed by atoms with Crippen LogP contribution in [0.5, 0.6) is 0 Å². The summed E-state index contributed by atoms with van der Waals surface area (Å²) < 4.78 is 0. The van der Waals surface area contributed by atoms with Crippen LogP contribution in [-0.2, 0) is 6.54 Å². The molecule has 1 amide bonds. The second kappa shape index (κ2) is 7.81. The molecule has 3 aromatic carbocycles. The molecule has 8 nitrogen and oxygen atoms in total. The minimum Gasteiger partial charge on any atom is -0.350 e. The second-order valence-corrected chi connectivity index (χ2v) is 6.36. The summed E-state index contributed by atoms with van der Waals surface area (Å²) in [5.74, 6) is 0.191. The minimum absolute atomic E-state index is 0.176. The number of nitro groups is 1. The van der Waals surface area contributed by atoms with Crippen molar-refractivity contribution < 1.29 is 9.72 Å². The zero-order valence-corrected chi connectivity index (χ0v) is 15.3. The molecule has 4 rings (SSSR count). The molecule has 0 atom stereocenters. The standard InChI is InChI=1S/C21H17N5O3/c27-21(22-13-20-24-16-8-4-5-9-17(16)25-20)14-10-11-18(19(12-14)26(28)29)23-15-6-2-1-3-7-15/h1-12,23H,13H2,(H,22,27)(H,24,25). The molecule has 0 radical (unpaired) electrons. The first-order valence-corrected chi connectivity index (χ1v) is 8.92. The number of imidazole rings is 1. The third-order valence-electron chi connectivity index (χ3n) is 4.36. The fourth-order valence-corrected chi connectivity index (χ4v) is 2.96. The van der Waals surface area contributed by atoms with E-state index in [1.807, 2.05) is 42.5 Å². The summed E-state index contributed by atoms with van der Waals surface area (Å²) in [7, 11) is 0. The number of aromatic nitrogens is 2. The normalized spacial score (nSPS) is 10.6. The molecular weight excluding hydrogens is 370 g/mol. The van der Waals surface area contributed by atoms with Gasteiger partial charge in [-0.15, -0.1) is 0 Å². The molecule has 144 valence electrons. The van der Waals surface area contributed by atoms with Crippen molar-refractivity contribution in [2.45, 2.75) is 6.54 Å². The number of carbonyl (C=O) groups is 1. The van der Waals surface area contributed by atoms with E-state index in [0.29, 0.717) is 11.5 Å². The fourth-order valence-electron chi connectivity index (χ4n) is 2.96. The maximum atomic E-state index is 12.5. The summed E-state index contributed by atoms with van der Waals surface area (Å²) in [6.07, 6.45) is 0. The van der Waals surface area contributed by atoms with Gasteiger partial charge in [0.1, 0.15) is 11.5 Å². The molecule has 0 bridgehead atoms. The highest BCUT2D eigenvalue weighted by Gasteiger charge is 2.18. The molecule has 0 saturated heterocycles. The Kier molecular flexibility index (Phi) is 4.90. The first-order chi connectivity index (χ1) is 14.1. The van der Waals surface area contributed by atoms with Crippen molar-refractivity contribution in [3.63, 3.8) is 0 Å². The Hall–Kier alpha value is -4.20. The van der Waals surface area contributed by atoms with Crippen molar-refractivity contribution in [2.24, 2.45) is 0 Å². The average Bonchev–Trinajstić information content (AvgIpc) is 3.16. The van der Waals surface area contributed by atoms with Gasteiger partial charge in [-0.2, -0.15) is 0 Å². The number of benzene rings is 3. The van der Waals surface area contributed by atoms with Gasteiger partial charge in [-0.05, 0) is 36.4 Å². The molecule has 0 fully saturated rings. The van der Waals surface area contributed by atoms with Crippen LogP contribution in [-0.4, -0.2) is 20.8 Å². The Balaban J connectivity index is 1.50. The molecule has 0 spiro atoms. The molecule has 1 heterocycles. The highest BCUT2D eigenvalue weighted by atomic mass is 16.6. The monoisotopic (exact) mass is 387 g/mol. The van der Waals surface area contributed by atoms with Crippen LogP contribution in [0.1, 0.15) is 16.2 Å². The van der Waals surface area contributed by atoms with E-state index in [4.69, 9.17) is 0 Å². The van der Waals surface area contributed by atoms with E-state index in [0.717, 1.165) is 16.7 Å². The number of fused-ring (bicyclic) bond motifs is 1. The highest BCUT2D eigenvalue weighted by Crippen LogP contribution is 2.28. The van der Waals surface area contributed by atoms with E-state index in [9.17, 15) is 14.9 Å². The molecule has 8 heteroatoms. The van der Waals surface area contributed by atoms with Crippen molar-refractivity contribution in [3.05, 3.63) is 94.3 Å². The SMILES string of the molecule is O=C(NCc1nc2ccccc2[nH]1)c1ccc(Nc2ccccc2)c([N+](=O)[O-])c1. The maximum Gasteiger partial charge on any atom is 0.293 e. The van der Waals surface area contributed by atoms with Crippen molar-refractivity contribution in [2.75, 3.05) is 5.32 Å². The largest absolute Gasteiger partial charge is 0.350 e. The summed E-state index contributed by atoms with van der Waals surface area (Å²) in [4.78, 5) is 31.0. The Bertz CT molecular complexity index is 1150. The molecule has 1 aromatic heterocycles. The van der Waals surface area contributed by atoms with Gasteiger partial charge >= 0.3 is 0 Å². The maximum absolute atomic E-state index is 12.5. The van der Waals surface area contributed by atoms with Crippen molar-refractivity contribution in [3.8, 4) is 0 Å². The number of hydrogen-bond acceptors (Lipinski definition) is 5. The van der Waals surface area contributed by atoms with Crippen LogP contribution in [0.4, 0.5) is 17.1 Å². The van der Waals surface area contributed by atoms with Gasteiger partial charge in [0.25, 0.3) is 11.6 Å². The Morgan fingerprint density at radius 2 is 1.79 bits per heavy atom. The summed E-state index contributed by atoms with van der Waals surface area (Å²) in [5, 5.41) is 17.2. The molecular formula is C21H17N5O3. The second-order valence-electron chi connectivity index (χ2n) is 6.36. The number of hydrogen-bond donors (Lipinski definition) is 3. The first-order valence-electron chi connectivity index (χ1n) is 8.92. The number of amides is 1. The molecule has 0 aliphatic heterocycles. The van der Waals surface area contributed by atoms with E-state index >= 15 is 0 Å². The number of anilines is 2. The van der Waals surface area contributed by atoms with Crippen LogP contribution in [0.25, 0.3) is 11.0 Å². The molecule has 29 heavy (non-hydrogen) atoms. The lowest BCUT2D eigenvalue weighted by Crippen LogP contribution is -2.23. The van der Waals surface area contributed by atoms with Crippen molar-refractivity contribution in [1.82, 2.24) is 15.3 Å². The van der Waals surface area contributed by atoms with Crippen LogP contribution in [0, 0.1) is 10.1 Å². The van der Waals surface area contributed by atoms with Gasteiger partial charge in [-0.3, -0.25) is 14.9 Å². The molecule has 0 unspecified atom stereocenters. The van der Waals surface area contributed by atoms with Crippen molar-refractivity contribution in [1.29, 1.82) is 0 Å². The first kappa shape index (κ1) is 18.2. The number of rotatable bonds is 6. The zero-order chi connectivity index (χ0) is 20.2. The predicted molar refractivity (Wildman–Crippen MR) is 110 cm³/mol. The van der Waals surface area contributed by atoms with Crippen LogP contribution in [0.2, 0.25) is 0 Å². The Morgan fingerprint density at radius 3 is 2.55 bits per heavy atom. The van der Waals surface area contributed by atoms with Crippen LogP contribution in [0.15, 0.2) is 72.8 Å². The van der Waals surface area contributed by atoms with Gasteiger partial charge < -0.3 is 15.6 Å². The summed E-state index contributed by atoms with van der Waals surface area (Å²) >= 11 is 0. The van der Waals surface area contributed by atoms with Crippen LogP contribution < -0.4 is 10.6 Å². The van der Waals surface area contributed by atoms with Gasteiger partial charge in [0.15, 0.2) is 0 Å². The lowest BCUT2D eigenvalue weighted by Gasteiger charge is -2.09. The summed E-state index contributed by atoms with van der Waals surface area (Å²) in [6, 6.07) is 21.0. The van der Waals surface area contributed by atoms with E-state index in [-0.39, 0.29) is 17.8 Å². The van der Waals surface area contributed by atoms with Crippen LogP contribution >= 0.6 is 0 Å². The Labute approximate surface area is 165 Å². The lowest BCUT2D eigenvalue weighted by molar-refractivity contribution is -0.383. The topological polar surface area (TPSA) is 113 Å². The molecule has 0 aliphatic rings. The van der Waals surface area contributed by atoms with Gasteiger partial charge in [0.05, 0.1) is 22.5 Å². The molecule has 0 saturated carbocycles. The molecule has 0 aliphatic carbocycles. The predicted octanol–water partition coefficient (Wildman–Crippen LogP) is 4.14. The van der Waals surface area contributed by atoms with E-state index < -0.39 is 10.8 Å². The average molecular weight is 387 g/mol. The number of aromatic amines is 1. The van der Waals surface area contributed by atoms with Gasteiger partial charge in [-0.25, -0.2) is 4.98 Å². The van der Waals surface area contributed by atoms with Gasteiger partial charge in [-0.1, -0.05) is 30.3 Å². The van der Waals surface area contributed by atoms with E-state index in [1.165, 1.54) is 12.1 Å². The number of carbonyl (C=O) groups excluding carboxylic acids is 1. The molecule has 3 N–H and O–H groups in total. The minimum atomic E-state index is -0.513. The molecule has 4 aromatic rings. The summed E-state index contributed by atoms with van der Waals surface area (Å²) in [5.41, 5.74) is 2.75. The van der Waals surface area contributed by atoms with Gasteiger partial charge in [0, 0.05) is 17.3 Å². The smallest absolute Gasteiger partial charge is 0.293 e. The number of para-hydroxylation sites is 3. The number of nitrogens with one attached hydrogen (secondary N) is 3. The van der Waals surface area contributed by atoms with Gasteiger partial charge in [0.2, 0.25) is 0 Å². The zero-order valence-electron chi connectivity index (χ0n) is 15.3. The van der Waals surface area contributed by atoms with E-state index in [2.05, 4.69) is 20.6 Å². The number of nitrogens with zero attached hydrogens (tertiary/aromatic N) is 2. The lowest BCUT2D eigenvalue weighted by atomic mass is 10.1.